The lowest BCUT2D eigenvalue weighted by Gasteiger charge is -2.09. The first-order valence-corrected chi connectivity index (χ1v) is 7.87. The third-order valence-corrected chi connectivity index (χ3v) is 4.10. The van der Waals surface area contributed by atoms with Gasteiger partial charge in [-0.3, -0.25) is 9.89 Å². The van der Waals surface area contributed by atoms with Gasteiger partial charge in [-0.05, 0) is 36.4 Å². The second-order valence-corrected chi connectivity index (χ2v) is 5.71. The molecule has 1 amide bonds. The molecule has 0 unspecified atom stereocenters. The Morgan fingerprint density at radius 3 is 2.80 bits per heavy atom. The van der Waals surface area contributed by atoms with Gasteiger partial charge in [0.25, 0.3) is 5.91 Å². The van der Waals surface area contributed by atoms with Crippen molar-refractivity contribution in [2.24, 2.45) is 0 Å². The summed E-state index contributed by atoms with van der Waals surface area (Å²) in [4.78, 5) is 15.8. The Hall–Kier alpha value is -3.38. The number of fused-ring (bicyclic) bond motifs is 1. The Balaban J connectivity index is 1.63. The van der Waals surface area contributed by atoms with Crippen molar-refractivity contribution in [1.29, 1.82) is 0 Å². The van der Waals surface area contributed by atoms with Crippen LogP contribution >= 0.6 is 0 Å². The molecule has 6 nitrogen and oxygen atoms in total. The smallest absolute Gasteiger partial charge is 0.255 e. The quantitative estimate of drug-likeness (QED) is 0.462. The number of aliphatic hydroxyl groups is 1. The average Bonchev–Trinajstić information content (AvgIpc) is 3.30. The molecule has 4 N–H and O–H groups in total. The number of rotatable bonds is 4. The van der Waals surface area contributed by atoms with Crippen LogP contribution in [0, 0.1) is 0 Å². The summed E-state index contributed by atoms with van der Waals surface area (Å²) >= 11 is 0. The molecule has 0 aliphatic carbocycles. The Bertz CT molecular complexity index is 1030. The molecular weight excluding hydrogens is 316 g/mol. The molecule has 124 valence electrons. The van der Waals surface area contributed by atoms with Crippen molar-refractivity contribution >= 4 is 22.5 Å². The van der Waals surface area contributed by atoms with Gasteiger partial charge in [-0.2, -0.15) is 5.10 Å². The van der Waals surface area contributed by atoms with Gasteiger partial charge in [0.15, 0.2) is 0 Å². The molecule has 0 aliphatic rings. The van der Waals surface area contributed by atoms with Crippen molar-refractivity contribution in [1.82, 2.24) is 15.2 Å². The van der Waals surface area contributed by atoms with Crippen LogP contribution in [0.2, 0.25) is 0 Å². The number of nitrogens with one attached hydrogen (secondary N) is 3. The average molecular weight is 332 g/mol. The van der Waals surface area contributed by atoms with E-state index < -0.39 is 0 Å². The number of carbonyl (C=O) groups is 1. The Kier molecular flexibility index (Phi) is 3.80. The van der Waals surface area contributed by atoms with Crippen molar-refractivity contribution in [3.05, 3.63) is 71.9 Å². The van der Waals surface area contributed by atoms with Gasteiger partial charge in [-0.15, -0.1) is 0 Å². The van der Waals surface area contributed by atoms with Crippen LogP contribution in [0.1, 0.15) is 15.9 Å². The zero-order valence-electron chi connectivity index (χ0n) is 13.3. The maximum Gasteiger partial charge on any atom is 0.255 e. The summed E-state index contributed by atoms with van der Waals surface area (Å²) in [6.07, 6.45) is 1.76. The van der Waals surface area contributed by atoms with E-state index in [-0.39, 0.29) is 12.5 Å². The Labute approximate surface area is 143 Å². The predicted molar refractivity (Wildman–Crippen MR) is 96.2 cm³/mol. The van der Waals surface area contributed by atoms with E-state index in [2.05, 4.69) is 20.5 Å². The van der Waals surface area contributed by atoms with Crippen LogP contribution in [0.3, 0.4) is 0 Å². The zero-order chi connectivity index (χ0) is 17.2. The number of para-hydroxylation sites is 1. The fraction of sp³-hybridized carbons (Fsp3) is 0.0526. The maximum atomic E-state index is 12.5. The van der Waals surface area contributed by atoms with Gasteiger partial charge in [0.05, 0.1) is 12.3 Å². The first-order chi connectivity index (χ1) is 12.2. The molecule has 4 rings (SSSR count). The minimum absolute atomic E-state index is 0.125. The first kappa shape index (κ1) is 15.2. The largest absolute Gasteiger partial charge is 0.392 e. The van der Waals surface area contributed by atoms with E-state index in [9.17, 15) is 9.90 Å². The molecule has 0 radical (unpaired) electrons. The number of hydrogen-bond acceptors (Lipinski definition) is 3. The van der Waals surface area contributed by atoms with Crippen LogP contribution in [0.5, 0.6) is 0 Å². The highest BCUT2D eigenvalue weighted by Crippen LogP contribution is 2.24. The molecule has 0 bridgehead atoms. The number of benzene rings is 2. The zero-order valence-corrected chi connectivity index (χ0v) is 13.3. The molecule has 2 aromatic carbocycles. The molecule has 6 heteroatoms. The standard InChI is InChI=1S/C19H16N4O2/c24-11-13-3-1-2-4-15(13)22-19(25)12-5-6-16-14(9-12)10-18(21-16)17-7-8-20-23-17/h1-10,21,24H,11H2,(H,20,23)(H,22,25). The molecule has 0 spiro atoms. The lowest BCUT2D eigenvalue weighted by Crippen LogP contribution is -2.13. The summed E-state index contributed by atoms with van der Waals surface area (Å²) < 4.78 is 0. The number of hydrogen-bond donors (Lipinski definition) is 4. The van der Waals surface area contributed by atoms with E-state index in [4.69, 9.17) is 0 Å². The lowest BCUT2D eigenvalue weighted by atomic mass is 10.1. The normalized spacial score (nSPS) is 10.9. The van der Waals surface area contributed by atoms with Crippen LogP contribution in [0.25, 0.3) is 22.3 Å². The summed E-state index contributed by atoms with van der Waals surface area (Å²) in [5, 5.41) is 20.1. The summed E-state index contributed by atoms with van der Waals surface area (Å²) in [5.41, 5.74) is 4.48. The number of carbonyl (C=O) groups excluding carboxylic acids is 1. The third-order valence-electron chi connectivity index (χ3n) is 4.10. The number of aromatic amines is 2. The highest BCUT2D eigenvalue weighted by atomic mass is 16.3. The van der Waals surface area contributed by atoms with E-state index in [1.54, 1.807) is 24.4 Å². The number of amides is 1. The SMILES string of the molecule is O=C(Nc1ccccc1CO)c1ccc2[nH]c(-c3cc[nH]n3)cc2c1. The molecule has 25 heavy (non-hydrogen) atoms. The van der Waals surface area contributed by atoms with Crippen LogP contribution in [0.15, 0.2) is 60.8 Å². The van der Waals surface area contributed by atoms with E-state index in [0.29, 0.717) is 16.8 Å². The number of nitrogens with zero attached hydrogens (tertiary/aromatic N) is 1. The Morgan fingerprint density at radius 1 is 1.12 bits per heavy atom. The van der Waals surface area contributed by atoms with Crippen molar-refractivity contribution in [2.75, 3.05) is 5.32 Å². The monoisotopic (exact) mass is 332 g/mol. The highest BCUT2D eigenvalue weighted by molar-refractivity contribution is 6.06. The molecule has 0 saturated heterocycles. The topological polar surface area (TPSA) is 93.8 Å². The van der Waals surface area contributed by atoms with Crippen LogP contribution in [0.4, 0.5) is 5.69 Å². The van der Waals surface area contributed by atoms with E-state index in [0.717, 1.165) is 22.3 Å². The fourth-order valence-corrected chi connectivity index (χ4v) is 2.80. The first-order valence-electron chi connectivity index (χ1n) is 7.87. The third kappa shape index (κ3) is 2.90. The minimum atomic E-state index is -0.217. The van der Waals surface area contributed by atoms with Crippen LogP contribution < -0.4 is 5.32 Å². The van der Waals surface area contributed by atoms with Crippen LogP contribution in [-0.4, -0.2) is 26.2 Å². The number of H-pyrrole nitrogens is 2. The highest BCUT2D eigenvalue weighted by Gasteiger charge is 2.11. The molecule has 0 saturated carbocycles. The van der Waals surface area contributed by atoms with Crippen molar-refractivity contribution in [3.8, 4) is 11.4 Å². The molecule has 4 aromatic rings. The number of aromatic nitrogens is 3. The van der Waals surface area contributed by atoms with Crippen molar-refractivity contribution < 1.29 is 9.90 Å². The molecular formula is C19H16N4O2. The van der Waals surface area contributed by atoms with Gasteiger partial charge in [0.2, 0.25) is 0 Å². The fourth-order valence-electron chi connectivity index (χ4n) is 2.80. The van der Waals surface area contributed by atoms with Gasteiger partial charge >= 0.3 is 0 Å². The van der Waals surface area contributed by atoms with Gasteiger partial charge in [-0.1, -0.05) is 18.2 Å². The molecule has 0 aliphatic heterocycles. The molecule has 0 fully saturated rings. The molecule has 2 heterocycles. The van der Waals surface area contributed by atoms with Gasteiger partial charge < -0.3 is 15.4 Å². The summed E-state index contributed by atoms with van der Waals surface area (Å²) in [5.74, 6) is -0.217. The van der Waals surface area contributed by atoms with Gasteiger partial charge in [0.1, 0.15) is 5.69 Å². The number of aliphatic hydroxyl groups excluding tert-OH is 1. The maximum absolute atomic E-state index is 12.5. The van der Waals surface area contributed by atoms with Crippen molar-refractivity contribution in [3.63, 3.8) is 0 Å². The Morgan fingerprint density at radius 2 is 2.00 bits per heavy atom. The van der Waals surface area contributed by atoms with Gasteiger partial charge in [-0.25, -0.2) is 0 Å². The second-order valence-electron chi connectivity index (χ2n) is 5.71. The summed E-state index contributed by atoms with van der Waals surface area (Å²) in [6.45, 7) is -0.125. The van der Waals surface area contributed by atoms with E-state index in [1.165, 1.54) is 0 Å². The molecule has 0 atom stereocenters. The number of anilines is 1. The van der Waals surface area contributed by atoms with Crippen molar-refractivity contribution in [2.45, 2.75) is 6.61 Å². The predicted octanol–water partition coefficient (Wildman–Crippen LogP) is 3.30. The summed E-state index contributed by atoms with van der Waals surface area (Å²) in [6, 6.07) is 16.5. The second kappa shape index (κ2) is 6.26. The minimum Gasteiger partial charge on any atom is -0.392 e. The van der Waals surface area contributed by atoms with Crippen LogP contribution in [-0.2, 0) is 6.61 Å². The molecule has 2 aromatic heterocycles. The van der Waals surface area contributed by atoms with E-state index in [1.807, 2.05) is 36.4 Å². The van der Waals surface area contributed by atoms with E-state index >= 15 is 0 Å². The van der Waals surface area contributed by atoms with Gasteiger partial charge in [0, 0.05) is 33.9 Å². The summed E-state index contributed by atoms with van der Waals surface area (Å²) in [7, 11) is 0. The lowest BCUT2D eigenvalue weighted by molar-refractivity contribution is 0.102.